The van der Waals surface area contributed by atoms with Gasteiger partial charge >= 0.3 is 6.18 Å². The number of thiophene rings is 1. The van der Waals surface area contributed by atoms with Gasteiger partial charge < -0.3 is 5.73 Å². The van der Waals surface area contributed by atoms with Crippen LogP contribution in [0.1, 0.15) is 16.1 Å². The van der Waals surface area contributed by atoms with E-state index in [2.05, 4.69) is 4.98 Å². The molecule has 0 aliphatic carbocycles. The molecule has 0 aromatic carbocycles. The molecule has 0 bridgehead atoms. The molecule has 0 fully saturated rings. The molecule has 0 atom stereocenters. The maximum Gasteiger partial charge on any atom is 0.433 e. The second-order valence-electron chi connectivity index (χ2n) is 3.46. The molecular weight excluding hydrogens is 251 g/mol. The standard InChI is InChI=1S/C10H6F3N3S/c1-4-2-6(10(11,12)13)16-9-7(4)8(15)5(3-14)17-9/h2H,15H2,1H3. The molecule has 0 saturated carbocycles. The smallest absolute Gasteiger partial charge is 0.396 e. The van der Waals surface area contributed by atoms with Gasteiger partial charge in [0.15, 0.2) is 0 Å². The molecule has 0 aliphatic rings. The van der Waals surface area contributed by atoms with E-state index < -0.39 is 11.9 Å². The van der Waals surface area contributed by atoms with Crippen molar-refractivity contribution in [2.75, 3.05) is 5.73 Å². The van der Waals surface area contributed by atoms with E-state index in [1.54, 1.807) is 0 Å². The first-order valence-electron chi connectivity index (χ1n) is 4.51. The Kier molecular flexibility index (Phi) is 2.47. The summed E-state index contributed by atoms with van der Waals surface area (Å²) in [5.74, 6) is 0. The SMILES string of the molecule is Cc1cc(C(F)(F)F)nc2sc(C#N)c(N)c12. The quantitative estimate of drug-likeness (QED) is 0.788. The third-order valence-electron chi connectivity index (χ3n) is 2.29. The van der Waals surface area contributed by atoms with E-state index in [1.165, 1.54) is 6.92 Å². The van der Waals surface area contributed by atoms with Crippen molar-refractivity contribution in [2.24, 2.45) is 0 Å². The average Bonchev–Trinajstić information content (AvgIpc) is 2.54. The first kappa shape index (κ1) is 11.7. The molecule has 0 amide bonds. The third kappa shape index (κ3) is 1.80. The van der Waals surface area contributed by atoms with Gasteiger partial charge in [-0.15, -0.1) is 11.3 Å². The van der Waals surface area contributed by atoms with Crippen molar-refractivity contribution < 1.29 is 13.2 Å². The van der Waals surface area contributed by atoms with Gasteiger partial charge in [0.05, 0.1) is 5.69 Å². The van der Waals surface area contributed by atoms with Crippen molar-refractivity contribution >= 4 is 27.2 Å². The Hall–Kier alpha value is -1.81. The van der Waals surface area contributed by atoms with Crippen molar-refractivity contribution in [2.45, 2.75) is 13.1 Å². The molecule has 17 heavy (non-hydrogen) atoms. The summed E-state index contributed by atoms with van der Waals surface area (Å²) in [4.78, 5) is 3.83. The van der Waals surface area contributed by atoms with Gasteiger partial charge in [-0.1, -0.05) is 0 Å². The van der Waals surface area contributed by atoms with Crippen molar-refractivity contribution in [1.82, 2.24) is 4.98 Å². The number of pyridine rings is 1. The number of aryl methyl sites for hydroxylation is 1. The van der Waals surface area contributed by atoms with Crippen LogP contribution in [0.25, 0.3) is 10.2 Å². The Bertz CT molecular complexity index is 637. The van der Waals surface area contributed by atoms with E-state index in [-0.39, 0.29) is 15.4 Å². The summed E-state index contributed by atoms with van der Waals surface area (Å²) < 4.78 is 37.6. The van der Waals surface area contributed by atoms with E-state index in [0.717, 1.165) is 17.4 Å². The highest BCUT2D eigenvalue weighted by Gasteiger charge is 2.33. The lowest BCUT2D eigenvalue weighted by molar-refractivity contribution is -0.140. The Balaban J connectivity index is 2.81. The lowest BCUT2D eigenvalue weighted by Gasteiger charge is -2.07. The molecule has 0 saturated heterocycles. The Morgan fingerprint density at radius 2 is 2.12 bits per heavy atom. The van der Waals surface area contributed by atoms with E-state index in [0.29, 0.717) is 10.9 Å². The van der Waals surface area contributed by atoms with Crippen LogP contribution < -0.4 is 5.73 Å². The second-order valence-corrected chi connectivity index (χ2v) is 4.46. The molecule has 2 N–H and O–H groups in total. The van der Waals surface area contributed by atoms with Crippen LogP contribution in [0.5, 0.6) is 0 Å². The number of nitriles is 1. The van der Waals surface area contributed by atoms with Crippen molar-refractivity contribution in [3.63, 3.8) is 0 Å². The lowest BCUT2D eigenvalue weighted by atomic mass is 10.1. The molecule has 2 heterocycles. The topological polar surface area (TPSA) is 62.7 Å². The highest BCUT2D eigenvalue weighted by Crippen LogP contribution is 2.37. The molecule has 2 rings (SSSR count). The monoisotopic (exact) mass is 257 g/mol. The molecule has 0 spiro atoms. The van der Waals surface area contributed by atoms with Crippen LogP contribution in [0.3, 0.4) is 0 Å². The van der Waals surface area contributed by atoms with Gasteiger partial charge in [0, 0.05) is 5.39 Å². The van der Waals surface area contributed by atoms with Gasteiger partial charge in [0.1, 0.15) is 21.5 Å². The van der Waals surface area contributed by atoms with E-state index >= 15 is 0 Å². The minimum atomic E-state index is -4.50. The van der Waals surface area contributed by atoms with Crippen molar-refractivity contribution in [1.29, 1.82) is 5.26 Å². The highest BCUT2D eigenvalue weighted by molar-refractivity contribution is 7.19. The van der Waals surface area contributed by atoms with Crippen LogP contribution >= 0.6 is 11.3 Å². The molecule has 7 heteroatoms. The summed E-state index contributed by atoms with van der Waals surface area (Å²) in [6.45, 7) is 1.52. The summed E-state index contributed by atoms with van der Waals surface area (Å²) >= 11 is 0.871. The Morgan fingerprint density at radius 3 is 2.65 bits per heavy atom. The van der Waals surface area contributed by atoms with Crippen LogP contribution in [-0.2, 0) is 6.18 Å². The number of hydrogen-bond donors (Lipinski definition) is 1. The Morgan fingerprint density at radius 1 is 1.47 bits per heavy atom. The van der Waals surface area contributed by atoms with Crippen LogP contribution in [0.15, 0.2) is 6.07 Å². The van der Waals surface area contributed by atoms with E-state index in [1.807, 2.05) is 6.07 Å². The van der Waals surface area contributed by atoms with Crippen LogP contribution in [-0.4, -0.2) is 4.98 Å². The number of nitrogen functional groups attached to an aromatic ring is 1. The molecule has 2 aromatic rings. The molecule has 3 nitrogen and oxygen atoms in total. The number of rotatable bonds is 0. The summed E-state index contributed by atoms with van der Waals surface area (Å²) in [5.41, 5.74) is 5.28. The number of fused-ring (bicyclic) bond motifs is 1. The van der Waals surface area contributed by atoms with Gasteiger partial charge in [0.25, 0.3) is 0 Å². The molecule has 88 valence electrons. The maximum atomic E-state index is 12.5. The second kappa shape index (κ2) is 3.60. The Labute approximate surface area is 98.3 Å². The fourth-order valence-electron chi connectivity index (χ4n) is 1.54. The zero-order valence-electron chi connectivity index (χ0n) is 8.59. The number of nitrogens with zero attached hydrogens (tertiary/aromatic N) is 2. The normalized spacial score (nSPS) is 11.7. The summed E-state index contributed by atoms with van der Waals surface area (Å²) in [6, 6.07) is 2.78. The van der Waals surface area contributed by atoms with E-state index in [9.17, 15) is 13.2 Å². The molecule has 0 aliphatic heterocycles. The fraction of sp³-hybridized carbons (Fsp3) is 0.200. The number of nitrogens with two attached hydrogens (primary N) is 1. The largest absolute Gasteiger partial charge is 0.433 e. The van der Waals surface area contributed by atoms with Gasteiger partial charge in [-0.2, -0.15) is 18.4 Å². The number of halogens is 3. The zero-order chi connectivity index (χ0) is 12.8. The number of anilines is 1. The van der Waals surface area contributed by atoms with Crippen LogP contribution in [0.2, 0.25) is 0 Å². The van der Waals surface area contributed by atoms with E-state index in [4.69, 9.17) is 11.0 Å². The third-order valence-corrected chi connectivity index (χ3v) is 3.29. The minimum absolute atomic E-state index is 0.145. The van der Waals surface area contributed by atoms with Crippen molar-refractivity contribution in [3.8, 4) is 6.07 Å². The van der Waals surface area contributed by atoms with Gasteiger partial charge in [0.2, 0.25) is 0 Å². The zero-order valence-corrected chi connectivity index (χ0v) is 9.41. The summed E-state index contributed by atoms with van der Waals surface area (Å²) in [5, 5.41) is 9.20. The average molecular weight is 257 g/mol. The predicted molar refractivity (Wildman–Crippen MR) is 58.5 cm³/mol. The number of alkyl halides is 3. The highest BCUT2D eigenvalue weighted by atomic mass is 32.1. The molecule has 0 radical (unpaired) electrons. The van der Waals surface area contributed by atoms with Crippen molar-refractivity contribution in [3.05, 3.63) is 22.2 Å². The molecule has 0 unspecified atom stereocenters. The van der Waals surface area contributed by atoms with Gasteiger partial charge in [-0.25, -0.2) is 4.98 Å². The van der Waals surface area contributed by atoms with Gasteiger partial charge in [-0.05, 0) is 18.6 Å². The minimum Gasteiger partial charge on any atom is -0.396 e. The van der Waals surface area contributed by atoms with Gasteiger partial charge in [-0.3, -0.25) is 0 Å². The number of hydrogen-bond acceptors (Lipinski definition) is 4. The van der Waals surface area contributed by atoms with Crippen LogP contribution in [0, 0.1) is 18.3 Å². The lowest BCUT2D eigenvalue weighted by Crippen LogP contribution is -2.08. The summed E-state index contributed by atoms with van der Waals surface area (Å²) in [7, 11) is 0. The predicted octanol–water partition coefficient (Wildman–Crippen LogP) is 3.08. The number of aromatic nitrogens is 1. The first-order chi connectivity index (χ1) is 7.84. The molecular formula is C10H6F3N3S. The molecule has 2 aromatic heterocycles. The van der Waals surface area contributed by atoms with Crippen LogP contribution in [0.4, 0.5) is 18.9 Å². The first-order valence-corrected chi connectivity index (χ1v) is 5.33. The maximum absolute atomic E-state index is 12.5. The fourth-order valence-corrected chi connectivity index (χ4v) is 2.51. The summed E-state index contributed by atoms with van der Waals surface area (Å²) in [6.07, 6.45) is -4.50.